The van der Waals surface area contributed by atoms with E-state index in [-0.39, 0.29) is 12.5 Å². The van der Waals surface area contributed by atoms with Gasteiger partial charge >= 0.3 is 5.97 Å². The molecule has 3 nitrogen and oxygen atoms in total. The van der Waals surface area contributed by atoms with Crippen LogP contribution in [0.15, 0.2) is 24.3 Å². The van der Waals surface area contributed by atoms with Gasteiger partial charge in [0.2, 0.25) is 0 Å². The van der Waals surface area contributed by atoms with E-state index in [2.05, 4.69) is 13.8 Å². The third kappa shape index (κ3) is 3.16. The lowest BCUT2D eigenvalue weighted by Gasteiger charge is -2.33. The fraction of sp³-hybridized carbons (Fsp3) is 0.562. The van der Waals surface area contributed by atoms with Gasteiger partial charge in [-0.25, -0.2) is 0 Å². The summed E-state index contributed by atoms with van der Waals surface area (Å²) in [7, 11) is 1.43. The molecule has 0 radical (unpaired) electrons. The van der Waals surface area contributed by atoms with Crippen molar-refractivity contribution in [2.24, 2.45) is 11.7 Å². The van der Waals surface area contributed by atoms with Crippen molar-refractivity contribution in [3.63, 3.8) is 0 Å². The van der Waals surface area contributed by atoms with Crippen LogP contribution < -0.4 is 5.73 Å². The van der Waals surface area contributed by atoms with Crippen molar-refractivity contribution in [3.05, 3.63) is 35.4 Å². The predicted octanol–water partition coefficient (Wildman–Crippen LogP) is 2.80. The number of hydrogen-bond acceptors (Lipinski definition) is 3. The summed E-state index contributed by atoms with van der Waals surface area (Å²) < 4.78 is 5.04. The van der Waals surface area contributed by atoms with Gasteiger partial charge in [-0.1, -0.05) is 44.5 Å². The first kappa shape index (κ1) is 15.7. The van der Waals surface area contributed by atoms with Gasteiger partial charge in [-0.05, 0) is 30.4 Å². The van der Waals surface area contributed by atoms with Gasteiger partial charge in [-0.3, -0.25) is 4.79 Å². The molecule has 2 unspecified atom stereocenters. The second kappa shape index (κ2) is 6.71. The van der Waals surface area contributed by atoms with Gasteiger partial charge in [-0.2, -0.15) is 0 Å². The van der Waals surface area contributed by atoms with Gasteiger partial charge in [0.25, 0.3) is 0 Å². The molecular formula is C16H25NO2. The lowest BCUT2D eigenvalue weighted by Crippen LogP contribution is -2.45. The Morgan fingerprint density at radius 2 is 2.05 bits per heavy atom. The van der Waals surface area contributed by atoms with Crippen LogP contribution in [0.1, 0.15) is 37.8 Å². The fourth-order valence-corrected chi connectivity index (χ4v) is 2.62. The summed E-state index contributed by atoms with van der Waals surface area (Å²) in [5.74, 6) is 0.187. The summed E-state index contributed by atoms with van der Waals surface area (Å²) in [6, 6.07) is 7.92. The molecule has 1 rings (SSSR count). The van der Waals surface area contributed by atoms with Crippen molar-refractivity contribution in [2.75, 3.05) is 13.7 Å². The first-order valence-corrected chi connectivity index (χ1v) is 6.86. The second-order valence-corrected chi connectivity index (χ2v) is 5.31. The summed E-state index contributed by atoms with van der Waals surface area (Å²) in [5, 5.41) is 0. The van der Waals surface area contributed by atoms with Crippen LogP contribution in [0.4, 0.5) is 0 Å². The maximum Gasteiger partial charge on any atom is 0.317 e. The molecule has 0 fully saturated rings. The third-order valence-corrected chi connectivity index (χ3v) is 3.98. The molecule has 0 saturated heterocycles. The molecule has 19 heavy (non-hydrogen) atoms. The van der Waals surface area contributed by atoms with Gasteiger partial charge in [-0.15, -0.1) is 0 Å². The minimum Gasteiger partial charge on any atom is -0.468 e. The first-order chi connectivity index (χ1) is 9.01. The molecule has 0 spiro atoms. The highest BCUT2D eigenvalue weighted by atomic mass is 16.5. The average molecular weight is 263 g/mol. The van der Waals surface area contributed by atoms with Crippen LogP contribution in [-0.2, 0) is 14.9 Å². The molecule has 0 bridgehead atoms. The maximum absolute atomic E-state index is 12.4. The Labute approximate surface area is 116 Å². The Bertz CT molecular complexity index is 431. The Morgan fingerprint density at radius 1 is 1.42 bits per heavy atom. The summed E-state index contributed by atoms with van der Waals surface area (Å²) in [6.45, 7) is 6.56. The van der Waals surface area contributed by atoms with Crippen LogP contribution in [0.2, 0.25) is 0 Å². The van der Waals surface area contributed by atoms with Crippen molar-refractivity contribution < 1.29 is 9.53 Å². The number of ether oxygens (including phenoxy) is 1. The molecule has 0 aromatic heterocycles. The van der Waals surface area contributed by atoms with Crippen LogP contribution in [0.25, 0.3) is 0 Å². The monoisotopic (exact) mass is 263 g/mol. The van der Waals surface area contributed by atoms with Crippen molar-refractivity contribution in [2.45, 2.75) is 39.0 Å². The lowest BCUT2D eigenvalue weighted by molar-refractivity contribution is -0.148. The maximum atomic E-state index is 12.4. The van der Waals surface area contributed by atoms with Crippen LogP contribution >= 0.6 is 0 Å². The number of benzene rings is 1. The van der Waals surface area contributed by atoms with Gasteiger partial charge in [0.1, 0.15) is 5.41 Å². The zero-order valence-electron chi connectivity index (χ0n) is 12.4. The Morgan fingerprint density at radius 3 is 2.53 bits per heavy atom. The van der Waals surface area contributed by atoms with Crippen molar-refractivity contribution in [1.29, 1.82) is 0 Å². The van der Waals surface area contributed by atoms with Gasteiger partial charge in [0.15, 0.2) is 0 Å². The number of nitrogens with two attached hydrogens (primary N) is 1. The van der Waals surface area contributed by atoms with E-state index < -0.39 is 5.41 Å². The van der Waals surface area contributed by atoms with E-state index in [1.165, 1.54) is 7.11 Å². The predicted molar refractivity (Wildman–Crippen MR) is 78.0 cm³/mol. The molecule has 0 heterocycles. The average Bonchev–Trinajstić information content (AvgIpc) is 2.44. The third-order valence-electron chi connectivity index (χ3n) is 3.98. The van der Waals surface area contributed by atoms with E-state index in [0.29, 0.717) is 5.92 Å². The lowest BCUT2D eigenvalue weighted by atomic mass is 9.72. The van der Waals surface area contributed by atoms with E-state index >= 15 is 0 Å². The van der Waals surface area contributed by atoms with E-state index in [0.717, 1.165) is 24.0 Å². The molecule has 1 aromatic rings. The SMILES string of the molecule is CCC(C)CC(CN)(C(=O)OC)c1ccccc1C. The van der Waals surface area contributed by atoms with Crippen molar-refractivity contribution >= 4 is 5.97 Å². The minimum absolute atomic E-state index is 0.232. The van der Waals surface area contributed by atoms with Crippen LogP contribution in [-0.4, -0.2) is 19.6 Å². The molecule has 0 aliphatic rings. The molecule has 106 valence electrons. The molecule has 0 aliphatic carbocycles. The Hall–Kier alpha value is -1.35. The molecule has 0 aliphatic heterocycles. The number of rotatable bonds is 6. The van der Waals surface area contributed by atoms with Gasteiger partial charge in [0.05, 0.1) is 7.11 Å². The largest absolute Gasteiger partial charge is 0.468 e. The van der Waals surface area contributed by atoms with Gasteiger partial charge in [0, 0.05) is 6.54 Å². The first-order valence-electron chi connectivity index (χ1n) is 6.86. The number of carbonyl (C=O) groups is 1. The molecule has 1 aromatic carbocycles. The number of methoxy groups -OCH3 is 1. The van der Waals surface area contributed by atoms with Crippen LogP contribution in [0, 0.1) is 12.8 Å². The molecule has 0 amide bonds. The molecule has 0 saturated carbocycles. The topological polar surface area (TPSA) is 52.3 Å². The normalized spacial score (nSPS) is 15.6. The van der Waals surface area contributed by atoms with Crippen molar-refractivity contribution in [1.82, 2.24) is 0 Å². The summed E-state index contributed by atoms with van der Waals surface area (Å²) in [5.41, 5.74) is 7.34. The van der Waals surface area contributed by atoms with E-state index in [4.69, 9.17) is 10.5 Å². The standard InChI is InChI=1S/C16H25NO2/c1-5-12(2)10-16(11-17,15(18)19-4)14-9-7-6-8-13(14)3/h6-9,12H,5,10-11,17H2,1-4H3. The van der Waals surface area contributed by atoms with E-state index in [1.807, 2.05) is 31.2 Å². The molecule has 2 N–H and O–H groups in total. The molecule has 3 heteroatoms. The summed E-state index contributed by atoms with van der Waals surface area (Å²) in [4.78, 5) is 12.4. The number of esters is 1. The van der Waals surface area contributed by atoms with E-state index in [9.17, 15) is 4.79 Å². The molecular weight excluding hydrogens is 238 g/mol. The Kier molecular flexibility index (Phi) is 5.55. The summed E-state index contributed by atoms with van der Waals surface area (Å²) in [6.07, 6.45) is 1.74. The number of aryl methyl sites for hydroxylation is 1. The Balaban J connectivity index is 3.32. The van der Waals surface area contributed by atoms with Gasteiger partial charge < -0.3 is 10.5 Å². The fourth-order valence-electron chi connectivity index (χ4n) is 2.62. The van der Waals surface area contributed by atoms with Crippen LogP contribution in [0.3, 0.4) is 0 Å². The quantitative estimate of drug-likeness (QED) is 0.803. The second-order valence-electron chi connectivity index (χ2n) is 5.31. The smallest absolute Gasteiger partial charge is 0.317 e. The summed E-state index contributed by atoms with van der Waals surface area (Å²) >= 11 is 0. The minimum atomic E-state index is -0.727. The zero-order valence-corrected chi connectivity index (χ0v) is 12.4. The highest BCUT2D eigenvalue weighted by molar-refractivity contribution is 5.84. The number of hydrogen-bond donors (Lipinski definition) is 1. The van der Waals surface area contributed by atoms with Crippen molar-refractivity contribution in [3.8, 4) is 0 Å². The van der Waals surface area contributed by atoms with E-state index in [1.54, 1.807) is 0 Å². The van der Waals surface area contributed by atoms with Crippen LogP contribution in [0.5, 0.6) is 0 Å². The molecule has 2 atom stereocenters. The zero-order chi connectivity index (χ0) is 14.5. The highest BCUT2D eigenvalue weighted by Gasteiger charge is 2.41. The number of carbonyl (C=O) groups excluding carboxylic acids is 1. The highest BCUT2D eigenvalue weighted by Crippen LogP contribution is 2.34.